The number of tetrazole rings is 1. The summed E-state index contributed by atoms with van der Waals surface area (Å²) in [6.07, 6.45) is 2.95. The predicted octanol–water partition coefficient (Wildman–Crippen LogP) is 4.47. The first kappa shape index (κ1) is 26.1. The standard InChI is InChI=1S/C29H36N6O3/c1-5-25(28-31-32-33-35(28)18-23-10-8-14-38-23)34(16-21-9-6-7-11-26(21)37-4)17-22-15-24-19(2)12-13-20(3)27(24)30-29(22)36/h6-7,9,11-13,15,23,25H,5,8,10,14,16-18H2,1-4H3,(H,30,36)/t23-,25-/m0/s1. The molecule has 1 aliphatic rings. The van der Waals surface area contributed by atoms with Crippen molar-refractivity contribution >= 4 is 10.9 Å². The van der Waals surface area contributed by atoms with E-state index >= 15 is 0 Å². The number of fused-ring (bicyclic) bond motifs is 1. The number of H-pyrrole nitrogens is 1. The average Bonchev–Trinajstić information content (AvgIpc) is 3.61. The lowest BCUT2D eigenvalue weighted by Gasteiger charge is -2.31. The zero-order chi connectivity index (χ0) is 26.6. The molecule has 0 spiro atoms. The normalized spacial score (nSPS) is 16.4. The number of nitrogens with zero attached hydrogens (tertiary/aromatic N) is 5. The van der Waals surface area contributed by atoms with Crippen LogP contribution < -0.4 is 10.3 Å². The summed E-state index contributed by atoms with van der Waals surface area (Å²) < 4.78 is 13.4. The van der Waals surface area contributed by atoms with Crippen molar-refractivity contribution < 1.29 is 9.47 Å². The third kappa shape index (κ3) is 5.35. The van der Waals surface area contributed by atoms with Gasteiger partial charge in [0.2, 0.25) is 0 Å². The molecule has 2 aromatic heterocycles. The van der Waals surface area contributed by atoms with Gasteiger partial charge in [0.1, 0.15) is 5.75 Å². The second-order valence-corrected chi connectivity index (χ2v) is 10.1. The molecular weight excluding hydrogens is 480 g/mol. The highest BCUT2D eigenvalue weighted by Crippen LogP contribution is 2.30. The summed E-state index contributed by atoms with van der Waals surface area (Å²) >= 11 is 0. The number of hydrogen-bond acceptors (Lipinski definition) is 7. The number of para-hydroxylation sites is 1. The summed E-state index contributed by atoms with van der Waals surface area (Å²) in [6.45, 7) is 8.63. The van der Waals surface area contributed by atoms with Crippen LogP contribution in [0.25, 0.3) is 10.9 Å². The Morgan fingerprint density at radius 2 is 1.95 bits per heavy atom. The molecule has 1 fully saturated rings. The van der Waals surface area contributed by atoms with Crippen molar-refractivity contribution in [3.05, 3.63) is 80.9 Å². The lowest BCUT2D eigenvalue weighted by Crippen LogP contribution is -2.33. The Morgan fingerprint density at radius 1 is 1.16 bits per heavy atom. The van der Waals surface area contributed by atoms with E-state index in [1.165, 1.54) is 0 Å². The smallest absolute Gasteiger partial charge is 0.252 e. The average molecular weight is 517 g/mol. The number of aryl methyl sites for hydroxylation is 2. The van der Waals surface area contributed by atoms with Gasteiger partial charge in [-0.2, -0.15) is 0 Å². The highest BCUT2D eigenvalue weighted by Gasteiger charge is 2.28. The number of aromatic nitrogens is 5. The quantitative estimate of drug-likeness (QED) is 0.332. The molecule has 200 valence electrons. The van der Waals surface area contributed by atoms with E-state index in [1.807, 2.05) is 41.9 Å². The largest absolute Gasteiger partial charge is 0.496 e. The monoisotopic (exact) mass is 516 g/mol. The van der Waals surface area contributed by atoms with E-state index in [9.17, 15) is 4.79 Å². The number of rotatable bonds is 10. The van der Waals surface area contributed by atoms with E-state index in [2.05, 4.69) is 51.4 Å². The van der Waals surface area contributed by atoms with Crippen molar-refractivity contribution in [1.29, 1.82) is 0 Å². The Morgan fingerprint density at radius 3 is 2.71 bits per heavy atom. The van der Waals surface area contributed by atoms with E-state index in [4.69, 9.17) is 9.47 Å². The van der Waals surface area contributed by atoms with Gasteiger partial charge in [0.15, 0.2) is 5.82 Å². The number of nitrogens with one attached hydrogen (secondary N) is 1. The summed E-state index contributed by atoms with van der Waals surface area (Å²) in [5, 5.41) is 13.9. The van der Waals surface area contributed by atoms with Gasteiger partial charge in [-0.1, -0.05) is 37.3 Å². The van der Waals surface area contributed by atoms with Gasteiger partial charge in [0.25, 0.3) is 5.56 Å². The van der Waals surface area contributed by atoms with Gasteiger partial charge in [-0.3, -0.25) is 9.69 Å². The van der Waals surface area contributed by atoms with Crippen LogP contribution in [0.1, 0.15) is 60.3 Å². The molecule has 1 saturated heterocycles. The molecule has 0 unspecified atom stereocenters. The van der Waals surface area contributed by atoms with Crippen LogP contribution in [0, 0.1) is 13.8 Å². The van der Waals surface area contributed by atoms with E-state index in [1.54, 1.807) is 7.11 Å². The molecule has 0 saturated carbocycles. The Bertz CT molecular complexity index is 1460. The fraction of sp³-hybridized carbons (Fsp3) is 0.448. The third-order valence-electron chi connectivity index (χ3n) is 7.55. The molecule has 1 N–H and O–H groups in total. The first-order chi connectivity index (χ1) is 18.5. The lowest BCUT2D eigenvalue weighted by molar-refractivity contribution is 0.0887. The van der Waals surface area contributed by atoms with E-state index < -0.39 is 0 Å². The number of hydrogen-bond donors (Lipinski definition) is 1. The molecule has 1 aliphatic heterocycles. The molecule has 0 radical (unpaired) electrons. The number of methoxy groups -OCH3 is 1. The number of ether oxygens (including phenoxy) is 2. The molecule has 0 amide bonds. The van der Waals surface area contributed by atoms with Crippen LogP contribution in [-0.2, 0) is 24.4 Å². The predicted molar refractivity (Wildman–Crippen MR) is 146 cm³/mol. The minimum atomic E-state index is -0.120. The minimum absolute atomic E-state index is 0.0787. The van der Waals surface area contributed by atoms with E-state index in [0.717, 1.165) is 65.0 Å². The first-order valence-electron chi connectivity index (χ1n) is 13.3. The SMILES string of the molecule is CC[C@@H](c1nnnn1C[C@@H]1CCCO1)N(Cc1ccccc1OC)Cc1cc2c(C)ccc(C)c2[nH]c1=O. The zero-order valence-corrected chi connectivity index (χ0v) is 22.6. The summed E-state index contributed by atoms with van der Waals surface area (Å²) in [5.74, 6) is 1.59. The number of aromatic amines is 1. The Labute approximate surface area is 222 Å². The fourth-order valence-electron chi connectivity index (χ4n) is 5.45. The topological polar surface area (TPSA) is 98.2 Å². The second kappa shape index (κ2) is 11.4. The number of benzene rings is 2. The molecule has 3 heterocycles. The maximum atomic E-state index is 13.3. The van der Waals surface area contributed by atoms with Gasteiger partial charge < -0.3 is 14.5 Å². The van der Waals surface area contributed by atoms with Crippen molar-refractivity contribution in [1.82, 2.24) is 30.1 Å². The third-order valence-corrected chi connectivity index (χ3v) is 7.55. The summed E-state index contributed by atoms with van der Waals surface area (Å²) in [6, 6.07) is 14.1. The Hall–Kier alpha value is -3.56. The van der Waals surface area contributed by atoms with Crippen molar-refractivity contribution in [3.8, 4) is 5.75 Å². The van der Waals surface area contributed by atoms with E-state index in [-0.39, 0.29) is 17.7 Å². The maximum Gasteiger partial charge on any atom is 0.252 e. The van der Waals surface area contributed by atoms with Gasteiger partial charge in [-0.05, 0) is 66.8 Å². The summed E-state index contributed by atoms with van der Waals surface area (Å²) in [4.78, 5) is 18.7. The summed E-state index contributed by atoms with van der Waals surface area (Å²) in [7, 11) is 1.68. The molecule has 9 nitrogen and oxygen atoms in total. The molecule has 0 aliphatic carbocycles. The lowest BCUT2D eigenvalue weighted by atomic mass is 10.0. The van der Waals surface area contributed by atoms with Gasteiger partial charge in [-0.25, -0.2) is 4.68 Å². The molecule has 2 aromatic carbocycles. The van der Waals surface area contributed by atoms with Crippen LogP contribution in [0.5, 0.6) is 5.75 Å². The fourth-order valence-corrected chi connectivity index (χ4v) is 5.45. The van der Waals surface area contributed by atoms with Crippen molar-refractivity contribution in [3.63, 3.8) is 0 Å². The van der Waals surface area contributed by atoms with Gasteiger partial charge in [-0.15, -0.1) is 5.10 Å². The van der Waals surface area contributed by atoms with Crippen LogP contribution in [0.3, 0.4) is 0 Å². The molecular formula is C29H36N6O3. The van der Waals surface area contributed by atoms with Crippen molar-refractivity contribution in [2.75, 3.05) is 13.7 Å². The van der Waals surface area contributed by atoms with Gasteiger partial charge in [0, 0.05) is 36.2 Å². The van der Waals surface area contributed by atoms with Crippen LogP contribution in [0.2, 0.25) is 0 Å². The van der Waals surface area contributed by atoms with Gasteiger partial charge >= 0.3 is 0 Å². The van der Waals surface area contributed by atoms with Crippen LogP contribution in [-0.4, -0.2) is 49.9 Å². The Balaban J connectivity index is 1.55. The second-order valence-electron chi connectivity index (χ2n) is 10.1. The molecule has 38 heavy (non-hydrogen) atoms. The zero-order valence-electron chi connectivity index (χ0n) is 22.6. The maximum absolute atomic E-state index is 13.3. The van der Waals surface area contributed by atoms with Crippen LogP contribution in [0.15, 0.2) is 47.3 Å². The molecule has 2 atom stereocenters. The van der Waals surface area contributed by atoms with E-state index in [0.29, 0.717) is 25.2 Å². The molecule has 0 bridgehead atoms. The van der Waals surface area contributed by atoms with Crippen LogP contribution >= 0.6 is 0 Å². The Kier molecular flexibility index (Phi) is 7.85. The highest BCUT2D eigenvalue weighted by molar-refractivity contribution is 5.85. The van der Waals surface area contributed by atoms with Gasteiger partial charge in [0.05, 0.1) is 31.3 Å². The van der Waals surface area contributed by atoms with Crippen LogP contribution in [0.4, 0.5) is 0 Å². The minimum Gasteiger partial charge on any atom is -0.496 e. The number of pyridine rings is 1. The highest BCUT2D eigenvalue weighted by atomic mass is 16.5. The summed E-state index contributed by atoms with van der Waals surface area (Å²) in [5.41, 5.74) is 4.74. The van der Waals surface area contributed by atoms with Crippen molar-refractivity contribution in [2.45, 2.75) is 71.8 Å². The van der Waals surface area contributed by atoms with Crippen molar-refractivity contribution in [2.24, 2.45) is 0 Å². The molecule has 9 heteroatoms. The molecule has 4 aromatic rings. The molecule has 5 rings (SSSR count). The first-order valence-corrected chi connectivity index (χ1v) is 13.3.